The molecule has 1 aliphatic rings. The smallest absolute Gasteiger partial charge is 0.410 e. The topological polar surface area (TPSA) is 72.6 Å². The van der Waals surface area contributed by atoms with Gasteiger partial charge in [-0.05, 0) is 58.7 Å². The van der Waals surface area contributed by atoms with Crippen LogP contribution in [-0.2, 0) is 4.74 Å². The largest absolute Gasteiger partial charge is 0.444 e. The SMILES string of the molecule is Cc1cn2nc(-c3nc4sc(C5CCN(C(=O)OC(C)(C)C)C5)cc4s3)cc(C)c2n1. The number of ether oxygens (including phenoxy) is 1. The summed E-state index contributed by atoms with van der Waals surface area (Å²) in [6.07, 6.45) is 2.67. The van der Waals surface area contributed by atoms with Gasteiger partial charge in [-0.25, -0.2) is 19.3 Å². The summed E-state index contributed by atoms with van der Waals surface area (Å²) in [6.45, 7) is 11.2. The van der Waals surface area contributed by atoms with E-state index in [-0.39, 0.29) is 6.09 Å². The van der Waals surface area contributed by atoms with Crippen LogP contribution < -0.4 is 0 Å². The first-order valence-corrected chi connectivity index (χ1v) is 12.0. The second-order valence-electron chi connectivity index (χ2n) is 9.11. The van der Waals surface area contributed by atoms with Gasteiger partial charge in [0, 0.05) is 23.9 Å². The molecule has 1 aliphatic heterocycles. The van der Waals surface area contributed by atoms with Crippen molar-refractivity contribution in [2.45, 2.75) is 52.6 Å². The van der Waals surface area contributed by atoms with Gasteiger partial charge in [0.05, 0.1) is 16.6 Å². The van der Waals surface area contributed by atoms with E-state index in [1.165, 1.54) is 9.58 Å². The number of hydrogen-bond donors (Lipinski definition) is 0. The van der Waals surface area contributed by atoms with E-state index in [2.05, 4.69) is 24.0 Å². The van der Waals surface area contributed by atoms with E-state index in [1.807, 2.05) is 43.3 Å². The van der Waals surface area contributed by atoms with E-state index < -0.39 is 5.60 Å². The zero-order valence-corrected chi connectivity index (χ0v) is 19.9. The molecule has 0 aromatic carbocycles. The van der Waals surface area contributed by atoms with Crippen LogP contribution >= 0.6 is 22.7 Å². The predicted octanol–water partition coefficient (Wildman–Crippen LogP) is 5.41. The van der Waals surface area contributed by atoms with Crippen molar-refractivity contribution in [1.82, 2.24) is 24.5 Å². The van der Waals surface area contributed by atoms with Crippen LogP contribution in [0.4, 0.5) is 4.79 Å². The average molecular weight is 456 g/mol. The molecule has 0 aliphatic carbocycles. The number of hydrogen-bond acceptors (Lipinski definition) is 7. The van der Waals surface area contributed by atoms with Crippen LogP contribution in [0, 0.1) is 13.8 Å². The van der Waals surface area contributed by atoms with Crippen molar-refractivity contribution < 1.29 is 9.53 Å². The number of aromatic nitrogens is 4. The number of amides is 1. The second-order valence-corrected chi connectivity index (χ2v) is 11.2. The summed E-state index contributed by atoms with van der Waals surface area (Å²) < 4.78 is 8.53. The van der Waals surface area contributed by atoms with Crippen LogP contribution in [-0.4, -0.2) is 49.3 Å². The molecule has 0 bridgehead atoms. The molecule has 1 fully saturated rings. The van der Waals surface area contributed by atoms with Crippen molar-refractivity contribution >= 4 is 43.9 Å². The maximum atomic E-state index is 12.4. The number of rotatable bonds is 2. The molecule has 4 aromatic heterocycles. The normalized spacial score (nSPS) is 17.2. The van der Waals surface area contributed by atoms with Crippen molar-refractivity contribution in [2.75, 3.05) is 13.1 Å². The lowest BCUT2D eigenvalue weighted by Gasteiger charge is -2.24. The third-order valence-corrected chi connectivity index (χ3v) is 7.65. The summed E-state index contributed by atoms with van der Waals surface area (Å²) in [6, 6.07) is 4.29. The lowest BCUT2D eigenvalue weighted by atomic mass is 10.1. The number of aryl methyl sites for hydroxylation is 2. The predicted molar refractivity (Wildman–Crippen MR) is 124 cm³/mol. The first-order chi connectivity index (χ1) is 14.7. The van der Waals surface area contributed by atoms with Crippen LogP contribution in [0.3, 0.4) is 0 Å². The molecule has 31 heavy (non-hydrogen) atoms. The molecule has 0 radical (unpaired) electrons. The van der Waals surface area contributed by atoms with E-state index in [0.29, 0.717) is 12.5 Å². The summed E-state index contributed by atoms with van der Waals surface area (Å²) in [5.74, 6) is 0.341. The maximum Gasteiger partial charge on any atom is 0.410 e. The Balaban J connectivity index is 1.36. The fraction of sp³-hybridized carbons (Fsp3) is 0.455. The Morgan fingerprint density at radius 2 is 2.00 bits per heavy atom. The molecule has 9 heteroatoms. The summed E-state index contributed by atoms with van der Waals surface area (Å²) >= 11 is 3.39. The van der Waals surface area contributed by atoms with Gasteiger partial charge in [-0.2, -0.15) is 5.10 Å². The van der Waals surface area contributed by atoms with Gasteiger partial charge in [-0.3, -0.25) is 0 Å². The molecule has 1 amide bonds. The Hall–Kier alpha value is -2.52. The molecule has 5 rings (SSSR count). The van der Waals surface area contributed by atoms with Gasteiger partial charge in [0.25, 0.3) is 0 Å². The van der Waals surface area contributed by atoms with E-state index >= 15 is 0 Å². The molecule has 1 saturated heterocycles. The highest BCUT2D eigenvalue weighted by Crippen LogP contribution is 2.40. The molecule has 1 atom stereocenters. The average Bonchev–Trinajstić information content (AvgIpc) is 3.41. The first kappa shape index (κ1) is 20.4. The molecule has 7 nitrogen and oxygen atoms in total. The summed E-state index contributed by atoms with van der Waals surface area (Å²) in [5.41, 5.74) is 3.33. The third-order valence-electron chi connectivity index (χ3n) is 5.30. The van der Waals surface area contributed by atoms with Crippen molar-refractivity contribution in [2.24, 2.45) is 0 Å². The third kappa shape index (κ3) is 3.92. The van der Waals surface area contributed by atoms with E-state index in [0.717, 1.165) is 45.4 Å². The number of fused-ring (bicyclic) bond motifs is 2. The molecule has 0 saturated carbocycles. The molecular formula is C22H25N5O2S2. The molecular weight excluding hydrogens is 430 g/mol. The second kappa shape index (κ2) is 7.27. The molecule has 4 aromatic rings. The lowest BCUT2D eigenvalue weighted by molar-refractivity contribution is 0.0292. The molecule has 162 valence electrons. The number of thiophene rings is 1. The fourth-order valence-corrected chi connectivity index (χ4v) is 6.20. The number of thiazole rings is 1. The molecule has 0 spiro atoms. The Morgan fingerprint density at radius 3 is 2.74 bits per heavy atom. The Morgan fingerprint density at radius 1 is 1.19 bits per heavy atom. The monoisotopic (exact) mass is 455 g/mol. The number of nitrogens with zero attached hydrogens (tertiary/aromatic N) is 5. The molecule has 1 unspecified atom stereocenters. The van der Waals surface area contributed by atoms with Gasteiger partial charge in [0.2, 0.25) is 0 Å². The van der Waals surface area contributed by atoms with Crippen LogP contribution in [0.1, 0.15) is 49.2 Å². The minimum absolute atomic E-state index is 0.222. The van der Waals surface area contributed by atoms with Gasteiger partial charge in [0.1, 0.15) is 21.1 Å². The van der Waals surface area contributed by atoms with Crippen LogP contribution in [0.5, 0.6) is 0 Å². The highest BCUT2D eigenvalue weighted by molar-refractivity contribution is 7.28. The van der Waals surface area contributed by atoms with Crippen molar-refractivity contribution in [3.05, 3.63) is 34.5 Å². The van der Waals surface area contributed by atoms with E-state index in [9.17, 15) is 4.79 Å². The lowest BCUT2D eigenvalue weighted by Crippen LogP contribution is -2.35. The minimum Gasteiger partial charge on any atom is -0.444 e. The van der Waals surface area contributed by atoms with Gasteiger partial charge in [0.15, 0.2) is 5.65 Å². The van der Waals surface area contributed by atoms with Gasteiger partial charge >= 0.3 is 6.09 Å². The van der Waals surface area contributed by atoms with E-state index in [4.69, 9.17) is 14.8 Å². The van der Waals surface area contributed by atoms with Crippen molar-refractivity contribution in [3.63, 3.8) is 0 Å². The van der Waals surface area contributed by atoms with Gasteiger partial charge < -0.3 is 9.64 Å². The summed E-state index contributed by atoms with van der Waals surface area (Å²) in [5, 5.41) is 5.63. The summed E-state index contributed by atoms with van der Waals surface area (Å²) in [4.78, 5) is 25.9. The van der Waals surface area contributed by atoms with Gasteiger partial charge in [-0.1, -0.05) is 0 Å². The minimum atomic E-state index is -0.466. The van der Waals surface area contributed by atoms with Crippen molar-refractivity contribution in [3.8, 4) is 10.7 Å². The van der Waals surface area contributed by atoms with Crippen molar-refractivity contribution in [1.29, 1.82) is 0 Å². The van der Waals surface area contributed by atoms with Crippen LogP contribution in [0.15, 0.2) is 18.3 Å². The Labute approximate surface area is 188 Å². The van der Waals surface area contributed by atoms with Gasteiger partial charge in [-0.15, -0.1) is 22.7 Å². The number of carbonyl (C=O) groups excluding carboxylic acids is 1. The standard InChI is InChI=1S/C22H25N5O2S2/c1-12-8-15(25-27-10-13(2)23-18(12)27)19-24-20-17(31-19)9-16(30-20)14-6-7-26(11-14)21(28)29-22(3,4)5/h8-10,14H,6-7,11H2,1-5H3. The number of imidazole rings is 1. The van der Waals surface area contributed by atoms with E-state index in [1.54, 1.807) is 22.7 Å². The highest BCUT2D eigenvalue weighted by atomic mass is 32.1. The first-order valence-electron chi connectivity index (χ1n) is 10.4. The zero-order valence-electron chi connectivity index (χ0n) is 18.3. The highest BCUT2D eigenvalue weighted by Gasteiger charge is 2.31. The number of likely N-dealkylation sites (tertiary alicyclic amines) is 1. The maximum absolute atomic E-state index is 12.4. The molecule has 0 N–H and O–H groups in total. The fourth-order valence-electron chi connectivity index (χ4n) is 3.90. The zero-order chi connectivity index (χ0) is 21.9. The summed E-state index contributed by atoms with van der Waals surface area (Å²) in [7, 11) is 0. The quantitative estimate of drug-likeness (QED) is 0.404. The Bertz CT molecular complexity index is 1270. The molecule has 5 heterocycles. The Kier molecular flexibility index (Phi) is 4.78. The van der Waals surface area contributed by atoms with Crippen LogP contribution in [0.2, 0.25) is 0 Å². The number of carbonyl (C=O) groups is 1. The van der Waals surface area contributed by atoms with Crippen LogP contribution in [0.25, 0.3) is 25.9 Å².